The fourth-order valence-electron chi connectivity index (χ4n) is 1.92. The molecule has 0 aliphatic carbocycles. The summed E-state index contributed by atoms with van der Waals surface area (Å²) in [6.45, 7) is 2.61. The van der Waals surface area contributed by atoms with Gasteiger partial charge in [-0.1, -0.05) is 37.4 Å². The van der Waals surface area contributed by atoms with Gasteiger partial charge in [0.1, 0.15) is 11.6 Å². The highest BCUT2D eigenvalue weighted by Gasteiger charge is 2.17. The molecule has 0 unspecified atom stereocenters. The summed E-state index contributed by atoms with van der Waals surface area (Å²) < 4.78 is 32.8. The zero-order chi connectivity index (χ0) is 16.7. The Morgan fingerprint density at radius 1 is 1.22 bits per heavy atom. The number of nitrogens with one attached hydrogen (secondary N) is 1. The fraction of sp³-hybridized carbons (Fsp3) is 0.312. The van der Waals surface area contributed by atoms with Crippen molar-refractivity contribution in [3.63, 3.8) is 0 Å². The van der Waals surface area contributed by atoms with Gasteiger partial charge in [0.25, 0.3) is 10.0 Å². The van der Waals surface area contributed by atoms with Gasteiger partial charge in [-0.05, 0) is 30.7 Å². The van der Waals surface area contributed by atoms with E-state index in [1.807, 2.05) is 0 Å². The summed E-state index contributed by atoms with van der Waals surface area (Å²) in [6, 6.07) is 9.38. The van der Waals surface area contributed by atoms with Crippen LogP contribution in [0.3, 0.4) is 0 Å². The number of pyridine rings is 1. The van der Waals surface area contributed by atoms with Crippen LogP contribution in [0.25, 0.3) is 0 Å². The van der Waals surface area contributed by atoms with Gasteiger partial charge < -0.3 is 4.74 Å². The van der Waals surface area contributed by atoms with Crippen LogP contribution in [0.2, 0.25) is 5.02 Å². The third kappa shape index (κ3) is 5.11. The molecule has 2 aromatic rings. The normalized spacial score (nSPS) is 11.2. The molecule has 5 nitrogen and oxygen atoms in total. The number of anilines is 1. The molecule has 0 saturated heterocycles. The highest BCUT2D eigenvalue weighted by atomic mass is 35.5. The Kier molecular flexibility index (Phi) is 6.24. The highest BCUT2D eigenvalue weighted by molar-refractivity contribution is 7.92. The van der Waals surface area contributed by atoms with Crippen molar-refractivity contribution in [2.45, 2.75) is 31.1 Å². The molecule has 0 spiro atoms. The van der Waals surface area contributed by atoms with Gasteiger partial charge in [0.05, 0.1) is 16.5 Å². The van der Waals surface area contributed by atoms with E-state index in [2.05, 4.69) is 16.6 Å². The minimum absolute atomic E-state index is 0.0815. The molecule has 124 valence electrons. The van der Waals surface area contributed by atoms with Crippen molar-refractivity contribution in [1.29, 1.82) is 0 Å². The lowest BCUT2D eigenvalue weighted by Crippen LogP contribution is -2.14. The summed E-state index contributed by atoms with van der Waals surface area (Å²) in [5, 5.41) is 0.387. The van der Waals surface area contributed by atoms with Crippen LogP contribution in [-0.2, 0) is 10.0 Å². The summed E-state index contributed by atoms with van der Waals surface area (Å²) in [6.07, 6.45) is 4.55. The maximum Gasteiger partial charge on any atom is 0.263 e. The average Bonchev–Trinajstić information content (AvgIpc) is 2.53. The van der Waals surface area contributed by atoms with E-state index in [1.54, 1.807) is 18.2 Å². The molecule has 1 heterocycles. The first-order chi connectivity index (χ1) is 11.0. The second kappa shape index (κ2) is 8.17. The molecule has 0 saturated carbocycles. The van der Waals surface area contributed by atoms with Gasteiger partial charge in [0, 0.05) is 12.3 Å². The molecule has 0 radical (unpaired) electrons. The quantitative estimate of drug-likeness (QED) is 0.724. The van der Waals surface area contributed by atoms with E-state index in [9.17, 15) is 8.42 Å². The third-order valence-electron chi connectivity index (χ3n) is 3.12. The third-order valence-corrected chi connectivity index (χ3v) is 4.79. The Labute approximate surface area is 141 Å². The van der Waals surface area contributed by atoms with Gasteiger partial charge in [-0.15, -0.1) is 0 Å². The first-order valence-electron chi connectivity index (χ1n) is 7.39. The molecule has 1 N–H and O–H groups in total. The Balaban J connectivity index is 2.15. The van der Waals surface area contributed by atoms with Crippen molar-refractivity contribution in [1.82, 2.24) is 4.98 Å². The average molecular weight is 355 g/mol. The molecular formula is C16H19ClN2O3S. The predicted octanol–water partition coefficient (Wildman–Crippen LogP) is 4.10. The summed E-state index contributed by atoms with van der Waals surface area (Å²) in [5.41, 5.74) is 0. The second-order valence-corrected chi connectivity index (χ2v) is 7.06. The molecular weight excluding hydrogens is 336 g/mol. The largest absolute Gasteiger partial charge is 0.492 e. The number of unbranched alkanes of at least 4 members (excludes halogenated alkanes) is 2. The van der Waals surface area contributed by atoms with Gasteiger partial charge in [0.15, 0.2) is 0 Å². The predicted molar refractivity (Wildman–Crippen MR) is 91.5 cm³/mol. The lowest BCUT2D eigenvalue weighted by Gasteiger charge is -2.11. The number of rotatable bonds is 8. The van der Waals surface area contributed by atoms with E-state index in [1.165, 1.54) is 24.4 Å². The highest BCUT2D eigenvalue weighted by Crippen LogP contribution is 2.28. The number of sulfonamides is 1. The number of hydrogen-bond donors (Lipinski definition) is 1. The molecule has 23 heavy (non-hydrogen) atoms. The van der Waals surface area contributed by atoms with Crippen molar-refractivity contribution < 1.29 is 13.2 Å². The summed E-state index contributed by atoms with van der Waals surface area (Å²) in [7, 11) is -3.74. The van der Waals surface area contributed by atoms with Crippen LogP contribution in [0.5, 0.6) is 5.75 Å². The zero-order valence-electron chi connectivity index (χ0n) is 12.8. The molecule has 2 rings (SSSR count). The van der Waals surface area contributed by atoms with Crippen LogP contribution in [0.15, 0.2) is 47.5 Å². The number of hydrogen-bond acceptors (Lipinski definition) is 4. The van der Waals surface area contributed by atoms with Gasteiger partial charge in [-0.25, -0.2) is 13.4 Å². The van der Waals surface area contributed by atoms with Crippen LogP contribution in [0, 0.1) is 0 Å². The Morgan fingerprint density at radius 3 is 2.74 bits per heavy atom. The number of nitrogens with zero attached hydrogens (tertiary/aromatic N) is 1. The van der Waals surface area contributed by atoms with Crippen LogP contribution in [0.4, 0.5) is 5.82 Å². The first-order valence-corrected chi connectivity index (χ1v) is 9.25. The SMILES string of the molecule is CCCCCOc1cc(S(=O)(=O)Nc2ccccn2)ccc1Cl. The van der Waals surface area contributed by atoms with Crippen molar-refractivity contribution in [3.8, 4) is 5.75 Å². The first kappa shape index (κ1) is 17.6. The molecule has 0 atom stereocenters. The smallest absolute Gasteiger partial charge is 0.263 e. The van der Waals surface area contributed by atoms with Gasteiger partial charge >= 0.3 is 0 Å². The standard InChI is InChI=1S/C16H19ClN2O3S/c1-2-3-6-11-22-15-12-13(8-9-14(15)17)23(20,21)19-16-7-4-5-10-18-16/h4-5,7-10,12H,2-3,6,11H2,1H3,(H,18,19). The van der Waals surface area contributed by atoms with Crippen LogP contribution >= 0.6 is 11.6 Å². The van der Waals surface area contributed by atoms with Crippen molar-refractivity contribution in [3.05, 3.63) is 47.6 Å². The molecule has 0 aliphatic rings. The lowest BCUT2D eigenvalue weighted by atomic mass is 10.3. The van der Waals surface area contributed by atoms with Crippen LogP contribution < -0.4 is 9.46 Å². The van der Waals surface area contributed by atoms with Crippen LogP contribution in [0.1, 0.15) is 26.2 Å². The Hall–Kier alpha value is -1.79. The Morgan fingerprint density at radius 2 is 2.04 bits per heavy atom. The van der Waals surface area contributed by atoms with Gasteiger partial charge in [-0.3, -0.25) is 4.72 Å². The lowest BCUT2D eigenvalue weighted by molar-refractivity contribution is 0.305. The van der Waals surface area contributed by atoms with Crippen molar-refractivity contribution in [2.24, 2.45) is 0 Å². The molecule has 0 bridgehead atoms. The Bertz CT molecular complexity index is 736. The molecule has 0 fully saturated rings. The van der Waals surface area contributed by atoms with Crippen molar-refractivity contribution in [2.75, 3.05) is 11.3 Å². The number of halogens is 1. The van der Waals surface area contributed by atoms with E-state index in [0.29, 0.717) is 17.4 Å². The summed E-state index contributed by atoms with van der Waals surface area (Å²) >= 11 is 6.07. The summed E-state index contributed by atoms with van der Waals surface area (Å²) in [4.78, 5) is 4.03. The molecule has 1 aromatic carbocycles. The number of benzene rings is 1. The minimum atomic E-state index is -3.74. The number of ether oxygens (including phenoxy) is 1. The van der Waals surface area contributed by atoms with Crippen LogP contribution in [-0.4, -0.2) is 20.0 Å². The molecule has 0 amide bonds. The molecule has 7 heteroatoms. The topological polar surface area (TPSA) is 68.3 Å². The molecule has 1 aromatic heterocycles. The van der Waals surface area contributed by atoms with Gasteiger partial charge in [-0.2, -0.15) is 0 Å². The zero-order valence-corrected chi connectivity index (χ0v) is 14.4. The van der Waals surface area contributed by atoms with Crippen molar-refractivity contribution >= 4 is 27.4 Å². The van der Waals surface area contributed by atoms with E-state index >= 15 is 0 Å². The second-order valence-electron chi connectivity index (χ2n) is 4.97. The maximum absolute atomic E-state index is 12.4. The number of aromatic nitrogens is 1. The van der Waals surface area contributed by atoms with E-state index < -0.39 is 10.0 Å². The van der Waals surface area contributed by atoms with Gasteiger partial charge in [0.2, 0.25) is 0 Å². The monoisotopic (exact) mass is 354 g/mol. The fourth-order valence-corrected chi connectivity index (χ4v) is 3.11. The minimum Gasteiger partial charge on any atom is -0.492 e. The van der Waals surface area contributed by atoms with E-state index in [0.717, 1.165) is 19.3 Å². The summed E-state index contributed by atoms with van der Waals surface area (Å²) in [5.74, 6) is 0.625. The molecule has 0 aliphatic heterocycles. The van der Waals surface area contributed by atoms with E-state index in [-0.39, 0.29) is 10.7 Å². The maximum atomic E-state index is 12.4. The van der Waals surface area contributed by atoms with E-state index in [4.69, 9.17) is 16.3 Å².